The smallest absolute Gasteiger partial charge is 0.355 e. The zero-order chi connectivity index (χ0) is 27.5. The van der Waals surface area contributed by atoms with Gasteiger partial charge in [0, 0.05) is 42.6 Å². The first kappa shape index (κ1) is 29.0. The van der Waals surface area contributed by atoms with Crippen molar-refractivity contribution < 1.29 is 22.8 Å². The maximum Gasteiger partial charge on any atom is 0.395 e. The lowest BCUT2D eigenvalue weighted by molar-refractivity contribution is -0.194. The molecule has 2 amide bonds. The minimum atomic E-state index is -4.39. The quantitative estimate of drug-likeness (QED) is 0.425. The van der Waals surface area contributed by atoms with E-state index in [1.165, 1.54) is 0 Å². The SMILES string of the molecule is CNC(=O)c1cc(C)c(C[C@@H](CNC(=O)C[C@H](c2ccc(Cl)cc2)C2(C(F)(F)F)CC2)N(C)C)c(C)c1. The molecule has 1 aliphatic carbocycles. The van der Waals surface area contributed by atoms with Gasteiger partial charge in [-0.2, -0.15) is 13.2 Å². The number of halogens is 4. The van der Waals surface area contributed by atoms with Gasteiger partial charge in [-0.1, -0.05) is 23.7 Å². The highest BCUT2D eigenvalue weighted by atomic mass is 35.5. The average Bonchev–Trinajstić information content (AvgIpc) is 3.63. The van der Waals surface area contributed by atoms with E-state index in [1.54, 1.807) is 31.3 Å². The molecule has 37 heavy (non-hydrogen) atoms. The van der Waals surface area contributed by atoms with E-state index in [0.717, 1.165) is 16.7 Å². The van der Waals surface area contributed by atoms with Crippen LogP contribution < -0.4 is 10.6 Å². The van der Waals surface area contributed by atoms with Crippen molar-refractivity contribution in [1.29, 1.82) is 0 Å². The minimum absolute atomic E-state index is 0.0159. The van der Waals surface area contributed by atoms with Gasteiger partial charge in [-0.05, 0) is 93.7 Å². The van der Waals surface area contributed by atoms with E-state index in [4.69, 9.17) is 11.6 Å². The maximum atomic E-state index is 14.0. The lowest BCUT2D eigenvalue weighted by Crippen LogP contribution is -2.43. The largest absolute Gasteiger partial charge is 0.395 e. The zero-order valence-electron chi connectivity index (χ0n) is 21.9. The molecular formula is C28H35ClF3N3O2. The van der Waals surface area contributed by atoms with Gasteiger partial charge < -0.3 is 15.5 Å². The van der Waals surface area contributed by atoms with Crippen molar-refractivity contribution in [2.24, 2.45) is 5.41 Å². The van der Waals surface area contributed by atoms with Gasteiger partial charge in [0.25, 0.3) is 5.91 Å². The number of rotatable bonds is 10. The van der Waals surface area contributed by atoms with E-state index in [1.807, 2.05) is 45.0 Å². The summed E-state index contributed by atoms with van der Waals surface area (Å²) in [6, 6.07) is 9.90. The number of carbonyl (C=O) groups excluding carboxylic acids is 2. The summed E-state index contributed by atoms with van der Waals surface area (Å²) in [5, 5.41) is 5.95. The number of likely N-dealkylation sites (N-methyl/N-ethyl adjacent to an activating group) is 1. The van der Waals surface area contributed by atoms with Crippen LogP contribution in [0.5, 0.6) is 0 Å². The van der Waals surface area contributed by atoms with E-state index in [2.05, 4.69) is 10.6 Å². The normalized spacial score (nSPS) is 16.3. The van der Waals surface area contributed by atoms with Gasteiger partial charge in [-0.3, -0.25) is 9.59 Å². The van der Waals surface area contributed by atoms with E-state index >= 15 is 0 Å². The number of hydrogen-bond acceptors (Lipinski definition) is 3. The second-order valence-corrected chi connectivity index (χ2v) is 10.7. The van der Waals surface area contributed by atoms with Crippen LogP contribution >= 0.6 is 11.6 Å². The molecule has 0 saturated heterocycles. The van der Waals surface area contributed by atoms with Crippen molar-refractivity contribution in [2.75, 3.05) is 27.7 Å². The molecule has 0 radical (unpaired) electrons. The van der Waals surface area contributed by atoms with Gasteiger partial charge in [0.1, 0.15) is 0 Å². The van der Waals surface area contributed by atoms with E-state index in [-0.39, 0.29) is 37.8 Å². The summed E-state index contributed by atoms with van der Waals surface area (Å²) in [6.45, 7) is 4.18. The molecule has 2 aromatic rings. The first-order valence-corrected chi connectivity index (χ1v) is 12.7. The van der Waals surface area contributed by atoms with Crippen LogP contribution in [-0.2, 0) is 11.2 Å². The Hall–Kier alpha value is -2.58. The first-order chi connectivity index (χ1) is 17.3. The number of alkyl halides is 3. The molecule has 9 heteroatoms. The molecule has 0 aromatic heterocycles. The van der Waals surface area contributed by atoms with Gasteiger partial charge in [-0.25, -0.2) is 0 Å². The Morgan fingerprint density at radius 1 is 1.08 bits per heavy atom. The fourth-order valence-corrected chi connectivity index (χ4v) is 5.17. The summed E-state index contributed by atoms with van der Waals surface area (Å²) in [4.78, 5) is 27.0. The first-order valence-electron chi connectivity index (χ1n) is 12.4. The predicted molar refractivity (Wildman–Crippen MR) is 140 cm³/mol. The summed E-state index contributed by atoms with van der Waals surface area (Å²) >= 11 is 5.95. The van der Waals surface area contributed by atoms with E-state index < -0.39 is 23.4 Å². The Balaban J connectivity index is 1.73. The summed E-state index contributed by atoms with van der Waals surface area (Å²) in [7, 11) is 5.39. The van der Waals surface area contributed by atoms with Crippen LogP contribution in [0.4, 0.5) is 13.2 Å². The minimum Gasteiger partial charge on any atom is -0.355 e. The molecule has 2 aromatic carbocycles. The standard InChI is InChI=1S/C28H35ClF3N3O2/c1-17-12-20(26(37)33-3)13-18(2)23(17)14-22(35(4)5)16-34-25(36)15-24(19-6-8-21(29)9-7-19)27(10-11-27)28(30,31)32/h6-9,12-13,22,24H,10-11,14-16H2,1-5H3,(H,33,37)(H,34,36)/t22-,24+/m0/s1. The number of hydrogen-bond donors (Lipinski definition) is 2. The van der Waals surface area contributed by atoms with E-state index in [9.17, 15) is 22.8 Å². The second kappa shape index (κ2) is 11.4. The summed E-state index contributed by atoms with van der Waals surface area (Å²) in [6.07, 6.45) is -3.99. The molecule has 0 aliphatic heterocycles. The number of carbonyl (C=O) groups is 2. The summed E-state index contributed by atoms with van der Waals surface area (Å²) in [5.41, 5.74) is 2.21. The van der Waals surface area contributed by atoms with Crippen LogP contribution in [0.2, 0.25) is 5.02 Å². The Kier molecular flexibility index (Phi) is 8.96. The molecular weight excluding hydrogens is 503 g/mol. The number of aryl methyl sites for hydroxylation is 2. The summed E-state index contributed by atoms with van der Waals surface area (Å²) in [5.74, 6) is -1.54. The number of amides is 2. The molecule has 202 valence electrons. The van der Waals surface area contributed by atoms with Gasteiger partial charge >= 0.3 is 6.18 Å². The van der Waals surface area contributed by atoms with Crippen molar-refractivity contribution in [3.05, 3.63) is 69.2 Å². The van der Waals surface area contributed by atoms with E-state index in [0.29, 0.717) is 22.6 Å². The third-order valence-electron chi connectivity index (χ3n) is 7.57. The number of nitrogens with zero attached hydrogens (tertiary/aromatic N) is 1. The van der Waals surface area contributed by atoms with Crippen molar-refractivity contribution >= 4 is 23.4 Å². The van der Waals surface area contributed by atoms with Crippen LogP contribution in [0.3, 0.4) is 0 Å². The molecule has 3 rings (SSSR count). The lowest BCUT2D eigenvalue weighted by atomic mass is 9.80. The Bertz CT molecular complexity index is 1110. The van der Waals surface area contributed by atoms with Crippen molar-refractivity contribution in [2.45, 2.75) is 57.7 Å². The van der Waals surface area contributed by atoms with Gasteiger partial charge in [-0.15, -0.1) is 0 Å². The highest BCUT2D eigenvalue weighted by molar-refractivity contribution is 6.30. The van der Waals surface area contributed by atoms with Crippen LogP contribution in [0, 0.1) is 19.3 Å². The lowest BCUT2D eigenvalue weighted by Gasteiger charge is -2.30. The number of benzene rings is 2. The van der Waals surface area contributed by atoms with Crippen molar-refractivity contribution in [3.63, 3.8) is 0 Å². The Morgan fingerprint density at radius 3 is 2.11 bits per heavy atom. The van der Waals surface area contributed by atoms with Gasteiger partial charge in [0.05, 0.1) is 5.41 Å². The maximum absolute atomic E-state index is 14.0. The second-order valence-electron chi connectivity index (χ2n) is 10.3. The topological polar surface area (TPSA) is 61.4 Å². The van der Waals surface area contributed by atoms with Crippen LogP contribution in [0.15, 0.2) is 36.4 Å². The molecule has 2 N–H and O–H groups in total. The fraction of sp³-hybridized carbons (Fsp3) is 0.500. The average molecular weight is 538 g/mol. The van der Waals surface area contributed by atoms with Gasteiger partial charge in [0.15, 0.2) is 0 Å². The molecule has 0 bridgehead atoms. The third kappa shape index (κ3) is 6.65. The van der Waals surface area contributed by atoms with Crippen molar-refractivity contribution in [1.82, 2.24) is 15.5 Å². The van der Waals surface area contributed by atoms with Crippen LogP contribution in [0.1, 0.15) is 57.8 Å². The zero-order valence-corrected chi connectivity index (χ0v) is 22.7. The van der Waals surface area contributed by atoms with Crippen LogP contribution in [0.25, 0.3) is 0 Å². The highest BCUT2D eigenvalue weighted by Crippen LogP contribution is 2.66. The Labute approximate surface area is 221 Å². The third-order valence-corrected chi connectivity index (χ3v) is 7.82. The molecule has 1 saturated carbocycles. The molecule has 0 unspecified atom stereocenters. The predicted octanol–water partition coefficient (Wildman–Crippen LogP) is 5.42. The molecule has 5 nitrogen and oxygen atoms in total. The highest BCUT2D eigenvalue weighted by Gasteiger charge is 2.67. The fourth-order valence-electron chi connectivity index (χ4n) is 5.04. The molecule has 1 fully saturated rings. The number of nitrogens with one attached hydrogen (secondary N) is 2. The van der Waals surface area contributed by atoms with Crippen LogP contribution in [-0.4, -0.2) is 56.6 Å². The monoisotopic (exact) mass is 537 g/mol. The molecule has 2 atom stereocenters. The Morgan fingerprint density at radius 2 is 1.65 bits per heavy atom. The van der Waals surface area contributed by atoms with Crippen molar-refractivity contribution in [3.8, 4) is 0 Å². The van der Waals surface area contributed by atoms with Gasteiger partial charge in [0.2, 0.25) is 5.91 Å². The molecule has 0 heterocycles. The summed E-state index contributed by atoms with van der Waals surface area (Å²) < 4.78 is 42.0. The molecule has 0 spiro atoms. The molecule has 1 aliphatic rings.